The molecule has 0 bridgehead atoms. The predicted octanol–water partition coefficient (Wildman–Crippen LogP) is 3.40. The number of rotatable bonds is 6. The number of nitrogen functional groups attached to an aromatic ring is 1. The van der Waals surface area contributed by atoms with Crippen molar-refractivity contribution >= 4 is 17.5 Å². The van der Waals surface area contributed by atoms with E-state index < -0.39 is 11.8 Å². The molecule has 2 N–H and O–H groups in total. The number of nitrogens with two attached hydrogens (primary N) is 1. The van der Waals surface area contributed by atoms with Crippen molar-refractivity contribution in [3.63, 3.8) is 0 Å². The number of hydrogen-bond acceptors (Lipinski definition) is 8. The molecular formula is C19H27N5O4. The van der Waals surface area contributed by atoms with Crippen LogP contribution in [-0.4, -0.2) is 39.1 Å². The highest BCUT2D eigenvalue weighted by Gasteiger charge is 2.31. The van der Waals surface area contributed by atoms with Gasteiger partial charge in [0.15, 0.2) is 5.82 Å². The Hall–Kier alpha value is -2.86. The molecule has 0 amide bonds. The highest BCUT2D eigenvalue weighted by Crippen LogP contribution is 2.34. The summed E-state index contributed by atoms with van der Waals surface area (Å²) in [6, 6.07) is 3.82. The Balaban J connectivity index is 0.00000136. The molecule has 152 valence electrons. The molecule has 2 aromatic rings. The van der Waals surface area contributed by atoms with Gasteiger partial charge in [-0.15, -0.1) is 0 Å². The Kier molecular flexibility index (Phi) is 7.18. The minimum absolute atomic E-state index is 0.118. The van der Waals surface area contributed by atoms with Crippen molar-refractivity contribution in [1.82, 2.24) is 14.6 Å². The van der Waals surface area contributed by atoms with Crippen LogP contribution >= 0.6 is 0 Å². The van der Waals surface area contributed by atoms with Gasteiger partial charge in [-0.25, -0.2) is 19.6 Å². The largest absolute Gasteiger partial charge is 0.508 e. The minimum Gasteiger partial charge on any atom is -0.432 e. The van der Waals surface area contributed by atoms with E-state index in [0.717, 1.165) is 36.9 Å². The third-order valence-electron chi connectivity index (χ3n) is 5.16. The summed E-state index contributed by atoms with van der Waals surface area (Å²) in [5.74, 6) is 0.432. The molecule has 0 spiro atoms. The van der Waals surface area contributed by atoms with Gasteiger partial charge < -0.3 is 19.9 Å². The lowest BCUT2D eigenvalue weighted by Gasteiger charge is -2.26. The van der Waals surface area contributed by atoms with Gasteiger partial charge >= 0.3 is 6.16 Å². The standard InChI is InChI=1S/C18H26N4O4.CHN/c1-4-18(3,5-2)26-17(23)24-10-12-6-9-15(25-12)13-7-8-14-16(19)20-11-21-22(13)14;1-2/h7-8,11-12,15H,4-6,9-10H2,1-3H3,(H2,19,20,21);1H. The molecule has 0 aliphatic carbocycles. The third-order valence-corrected chi connectivity index (χ3v) is 5.16. The summed E-state index contributed by atoms with van der Waals surface area (Å²) in [6.07, 6.45) is 3.61. The predicted molar refractivity (Wildman–Crippen MR) is 102 cm³/mol. The number of carbonyl (C=O) groups is 1. The van der Waals surface area contributed by atoms with Gasteiger partial charge in [0, 0.05) is 6.57 Å². The molecule has 3 heterocycles. The van der Waals surface area contributed by atoms with E-state index in [-0.39, 0.29) is 18.8 Å². The van der Waals surface area contributed by atoms with Crippen LogP contribution in [0, 0.1) is 11.8 Å². The normalized spacial score (nSPS) is 19.0. The molecule has 9 nitrogen and oxygen atoms in total. The van der Waals surface area contributed by atoms with Crippen LogP contribution in [0.25, 0.3) is 5.52 Å². The maximum absolute atomic E-state index is 11.9. The molecule has 0 aromatic carbocycles. The smallest absolute Gasteiger partial charge is 0.432 e. The van der Waals surface area contributed by atoms with Crippen LogP contribution in [-0.2, 0) is 14.2 Å². The molecule has 2 aromatic heterocycles. The van der Waals surface area contributed by atoms with E-state index in [1.54, 1.807) is 4.52 Å². The van der Waals surface area contributed by atoms with Crippen LogP contribution in [0.15, 0.2) is 18.5 Å². The molecule has 1 aliphatic rings. The first-order valence-electron chi connectivity index (χ1n) is 9.31. The Morgan fingerprint density at radius 3 is 2.79 bits per heavy atom. The van der Waals surface area contributed by atoms with Crippen molar-refractivity contribution in [3.8, 4) is 6.57 Å². The van der Waals surface area contributed by atoms with Crippen molar-refractivity contribution in [1.29, 1.82) is 5.26 Å². The van der Waals surface area contributed by atoms with Gasteiger partial charge in [0.1, 0.15) is 30.2 Å². The summed E-state index contributed by atoms with van der Waals surface area (Å²) in [6.45, 7) is 9.56. The van der Waals surface area contributed by atoms with Crippen molar-refractivity contribution < 1.29 is 19.0 Å². The Morgan fingerprint density at radius 2 is 2.11 bits per heavy atom. The molecule has 1 saturated heterocycles. The van der Waals surface area contributed by atoms with Gasteiger partial charge in [-0.05, 0) is 44.7 Å². The fraction of sp³-hybridized carbons (Fsp3) is 0.579. The number of fused-ring (bicyclic) bond motifs is 1. The van der Waals surface area contributed by atoms with Crippen molar-refractivity contribution in [3.05, 3.63) is 24.2 Å². The van der Waals surface area contributed by atoms with Gasteiger partial charge in [0.05, 0.1) is 11.8 Å². The highest BCUT2D eigenvalue weighted by molar-refractivity contribution is 5.65. The van der Waals surface area contributed by atoms with E-state index in [1.165, 1.54) is 6.33 Å². The number of ether oxygens (including phenoxy) is 3. The number of nitrogens with zero attached hydrogens (tertiary/aromatic N) is 4. The van der Waals surface area contributed by atoms with E-state index in [2.05, 4.69) is 16.7 Å². The fourth-order valence-electron chi connectivity index (χ4n) is 3.05. The van der Waals surface area contributed by atoms with Gasteiger partial charge in [-0.3, -0.25) is 0 Å². The molecule has 1 fully saturated rings. The zero-order valence-electron chi connectivity index (χ0n) is 16.5. The van der Waals surface area contributed by atoms with E-state index in [9.17, 15) is 4.79 Å². The molecule has 2 unspecified atom stereocenters. The lowest BCUT2D eigenvalue weighted by Crippen LogP contribution is -2.31. The maximum Gasteiger partial charge on any atom is 0.508 e. The number of carbonyl (C=O) groups excluding carboxylic acids is 1. The summed E-state index contributed by atoms with van der Waals surface area (Å²) in [7, 11) is 0. The second-order valence-electron chi connectivity index (χ2n) is 6.84. The summed E-state index contributed by atoms with van der Waals surface area (Å²) >= 11 is 0. The summed E-state index contributed by atoms with van der Waals surface area (Å²) in [5.41, 5.74) is 7.06. The molecule has 28 heavy (non-hydrogen) atoms. The molecular weight excluding hydrogens is 362 g/mol. The lowest BCUT2D eigenvalue weighted by molar-refractivity contribution is -0.0535. The molecule has 9 heteroatoms. The first-order chi connectivity index (χ1) is 13.5. The van der Waals surface area contributed by atoms with Gasteiger partial charge in [-0.2, -0.15) is 5.10 Å². The fourth-order valence-corrected chi connectivity index (χ4v) is 3.05. The number of anilines is 1. The van der Waals surface area contributed by atoms with Crippen LogP contribution < -0.4 is 5.73 Å². The summed E-state index contributed by atoms with van der Waals surface area (Å²) < 4.78 is 18.5. The second-order valence-corrected chi connectivity index (χ2v) is 6.84. The minimum atomic E-state index is -0.642. The van der Waals surface area contributed by atoms with Crippen molar-refractivity contribution in [2.45, 2.75) is 64.3 Å². The zero-order chi connectivity index (χ0) is 20.7. The Labute approximate surface area is 164 Å². The van der Waals surface area contributed by atoms with E-state index in [0.29, 0.717) is 5.82 Å². The number of nitriles is 1. The highest BCUT2D eigenvalue weighted by atomic mass is 16.7. The third kappa shape index (κ3) is 4.70. The maximum atomic E-state index is 11.9. The van der Waals surface area contributed by atoms with Crippen LogP contribution in [0.5, 0.6) is 0 Å². The summed E-state index contributed by atoms with van der Waals surface area (Å²) in [4.78, 5) is 15.9. The lowest BCUT2D eigenvalue weighted by atomic mass is 10.0. The zero-order valence-corrected chi connectivity index (χ0v) is 16.5. The Morgan fingerprint density at radius 1 is 1.39 bits per heavy atom. The monoisotopic (exact) mass is 389 g/mol. The SMILES string of the molecule is C#N.CCC(C)(CC)OC(=O)OCC1CCC(c2ccc3c(N)ncnn23)O1. The number of hydrogen-bond donors (Lipinski definition) is 1. The average Bonchev–Trinajstić information content (AvgIpc) is 3.35. The van der Waals surface area contributed by atoms with E-state index in [1.807, 2.05) is 32.9 Å². The van der Waals surface area contributed by atoms with Crippen LogP contribution in [0.4, 0.5) is 10.6 Å². The molecule has 0 radical (unpaired) electrons. The summed E-state index contributed by atoms with van der Waals surface area (Å²) in [5, 5.41) is 10.7. The molecule has 0 saturated carbocycles. The first-order valence-corrected chi connectivity index (χ1v) is 9.31. The average molecular weight is 389 g/mol. The van der Waals surface area contributed by atoms with Crippen molar-refractivity contribution in [2.24, 2.45) is 0 Å². The van der Waals surface area contributed by atoms with E-state index >= 15 is 0 Å². The van der Waals surface area contributed by atoms with Gasteiger partial charge in [0.2, 0.25) is 0 Å². The number of aromatic nitrogens is 3. The van der Waals surface area contributed by atoms with Gasteiger partial charge in [0.25, 0.3) is 0 Å². The Bertz CT molecular complexity index is 815. The van der Waals surface area contributed by atoms with Gasteiger partial charge in [-0.1, -0.05) is 13.8 Å². The van der Waals surface area contributed by atoms with E-state index in [4.69, 9.17) is 25.2 Å². The first kappa shape index (κ1) is 21.4. The quantitative estimate of drug-likeness (QED) is 0.745. The van der Waals surface area contributed by atoms with Crippen LogP contribution in [0.2, 0.25) is 0 Å². The van der Waals surface area contributed by atoms with Crippen molar-refractivity contribution in [2.75, 3.05) is 12.3 Å². The van der Waals surface area contributed by atoms with Crippen LogP contribution in [0.3, 0.4) is 0 Å². The molecule has 3 rings (SSSR count). The second kappa shape index (κ2) is 9.37. The topological polar surface area (TPSA) is 125 Å². The van der Waals surface area contributed by atoms with Crippen LogP contribution in [0.1, 0.15) is 58.3 Å². The molecule has 2 atom stereocenters. The molecule has 1 aliphatic heterocycles.